The van der Waals surface area contributed by atoms with Gasteiger partial charge in [-0.05, 0) is 19.1 Å². The average molecular weight is 373 g/mol. The third kappa shape index (κ3) is 2.92. The first-order chi connectivity index (χ1) is 12.9. The molecule has 9 nitrogen and oxygen atoms in total. The molecule has 140 valence electrons. The van der Waals surface area contributed by atoms with Crippen molar-refractivity contribution in [3.63, 3.8) is 0 Å². The zero-order chi connectivity index (χ0) is 19.7. The van der Waals surface area contributed by atoms with E-state index >= 15 is 0 Å². The van der Waals surface area contributed by atoms with Gasteiger partial charge in [-0.1, -0.05) is 12.1 Å². The van der Waals surface area contributed by atoms with Crippen LogP contribution in [0.4, 0.5) is 0 Å². The molecule has 1 unspecified atom stereocenters. The van der Waals surface area contributed by atoms with E-state index in [-0.39, 0.29) is 22.5 Å². The number of carbonyl (C=O) groups excluding carboxylic acids is 4. The lowest BCUT2D eigenvalue weighted by molar-refractivity contribution is -0.156. The molecule has 3 rings (SSSR count). The fourth-order valence-corrected chi connectivity index (χ4v) is 2.69. The Kier molecular flexibility index (Phi) is 4.68. The number of methoxy groups -OCH3 is 2. The van der Waals surface area contributed by atoms with Gasteiger partial charge in [-0.25, -0.2) is 14.5 Å². The van der Waals surface area contributed by atoms with Gasteiger partial charge in [0.1, 0.15) is 6.26 Å². The topological polar surface area (TPSA) is 108 Å². The molecule has 9 heteroatoms. The zero-order valence-corrected chi connectivity index (χ0v) is 14.7. The predicted molar refractivity (Wildman–Crippen MR) is 87.7 cm³/mol. The van der Waals surface area contributed by atoms with Crippen LogP contribution in [0.3, 0.4) is 0 Å². The Balaban J connectivity index is 1.94. The molecule has 2 aliphatic heterocycles. The van der Waals surface area contributed by atoms with E-state index in [0.29, 0.717) is 4.90 Å². The molecular weight excluding hydrogens is 358 g/mol. The molecule has 0 aromatic heterocycles. The average Bonchev–Trinajstić information content (AvgIpc) is 3.09. The van der Waals surface area contributed by atoms with Gasteiger partial charge in [0.05, 0.1) is 30.9 Å². The van der Waals surface area contributed by atoms with E-state index in [9.17, 15) is 19.2 Å². The van der Waals surface area contributed by atoms with Gasteiger partial charge < -0.3 is 18.9 Å². The molecule has 1 atom stereocenters. The highest BCUT2D eigenvalue weighted by Gasteiger charge is 2.41. The van der Waals surface area contributed by atoms with E-state index in [4.69, 9.17) is 14.2 Å². The van der Waals surface area contributed by atoms with Crippen LogP contribution < -0.4 is 0 Å². The number of hydrogen-bond acceptors (Lipinski definition) is 8. The van der Waals surface area contributed by atoms with E-state index < -0.39 is 35.7 Å². The number of hydrogen-bond donors (Lipinski definition) is 0. The summed E-state index contributed by atoms with van der Waals surface area (Å²) in [5, 5.41) is 0. The molecule has 0 N–H and O–H groups in total. The van der Waals surface area contributed by atoms with Crippen LogP contribution in [0.1, 0.15) is 27.6 Å². The minimum atomic E-state index is -1.25. The second kappa shape index (κ2) is 6.94. The van der Waals surface area contributed by atoms with Gasteiger partial charge in [-0.15, -0.1) is 0 Å². The summed E-state index contributed by atoms with van der Waals surface area (Å²) < 4.78 is 20.0. The maximum absolute atomic E-state index is 12.6. The second-order valence-corrected chi connectivity index (χ2v) is 5.55. The van der Waals surface area contributed by atoms with E-state index in [1.807, 2.05) is 0 Å². The number of ether oxygens (including phenoxy) is 4. The van der Waals surface area contributed by atoms with Crippen molar-refractivity contribution >= 4 is 23.8 Å². The van der Waals surface area contributed by atoms with Crippen molar-refractivity contribution in [1.82, 2.24) is 4.90 Å². The smallest absolute Gasteiger partial charge is 0.358 e. The third-order valence-corrected chi connectivity index (χ3v) is 4.06. The number of amides is 2. The number of rotatable bonds is 5. The summed E-state index contributed by atoms with van der Waals surface area (Å²) in [7, 11) is 2.42. The van der Waals surface area contributed by atoms with Gasteiger partial charge in [0.25, 0.3) is 11.8 Å². The van der Waals surface area contributed by atoms with Crippen molar-refractivity contribution in [2.75, 3.05) is 14.2 Å². The summed E-state index contributed by atoms with van der Waals surface area (Å²) in [4.78, 5) is 49.6. The van der Waals surface area contributed by atoms with Crippen molar-refractivity contribution in [1.29, 1.82) is 0 Å². The molecule has 0 aliphatic carbocycles. The van der Waals surface area contributed by atoms with Gasteiger partial charge >= 0.3 is 18.2 Å². The van der Waals surface area contributed by atoms with Crippen molar-refractivity contribution in [3.8, 4) is 0 Å². The Morgan fingerprint density at radius 1 is 1.11 bits per heavy atom. The highest BCUT2D eigenvalue weighted by atomic mass is 16.7. The first-order valence-electron chi connectivity index (χ1n) is 7.78. The van der Waals surface area contributed by atoms with E-state index in [0.717, 1.165) is 13.4 Å². The molecule has 2 heterocycles. The lowest BCUT2D eigenvalue weighted by atomic mass is 10.1. The molecule has 0 bridgehead atoms. The number of nitrogens with zero attached hydrogens (tertiary/aromatic N) is 1. The lowest BCUT2D eigenvalue weighted by Crippen LogP contribution is -2.34. The molecule has 27 heavy (non-hydrogen) atoms. The van der Waals surface area contributed by atoms with Gasteiger partial charge in [-0.3, -0.25) is 9.59 Å². The molecule has 1 aromatic rings. The highest BCUT2D eigenvalue weighted by molar-refractivity contribution is 6.24. The molecule has 2 aliphatic rings. The molecule has 1 aromatic carbocycles. The number of cyclic esters (lactones) is 1. The lowest BCUT2D eigenvalue weighted by Gasteiger charge is -2.18. The fraction of sp³-hybridized carbons (Fsp3) is 0.222. The van der Waals surface area contributed by atoms with Crippen LogP contribution in [-0.4, -0.2) is 49.2 Å². The molecule has 0 saturated heterocycles. The van der Waals surface area contributed by atoms with Crippen molar-refractivity contribution in [2.24, 2.45) is 0 Å². The first-order valence-corrected chi connectivity index (χ1v) is 7.78. The number of fused-ring (bicyclic) bond motifs is 1. The summed E-state index contributed by atoms with van der Waals surface area (Å²) in [5.41, 5.74) is 0.0480. The van der Waals surface area contributed by atoms with Crippen LogP contribution in [-0.2, 0) is 28.5 Å². The minimum Gasteiger partial charge on any atom is -0.493 e. The normalized spacial score (nSPS) is 19.2. The quantitative estimate of drug-likeness (QED) is 0.327. The Morgan fingerprint density at radius 3 is 2.22 bits per heavy atom. The molecule has 0 saturated carbocycles. The van der Waals surface area contributed by atoms with Crippen LogP contribution in [0, 0.1) is 0 Å². The SMILES string of the molecule is COC(=O)/C(=C/OC1OC(=O)C(C)=C1OC)N1C(=O)c2ccccc2C1=O. The summed E-state index contributed by atoms with van der Waals surface area (Å²) in [6.07, 6.45) is -0.416. The number of imide groups is 1. The van der Waals surface area contributed by atoms with Crippen molar-refractivity contribution in [2.45, 2.75) is 13.2 Å². The zero-order valence-electron chi connectivity index (χ0n) is 14.7. The summed E-state index contributed by atoms with van der Waals surface area (Å²) in [6, 6.07) is 6.14. The van der Waals surface area contributed by atoms with Crippen LogP contribution in [0.2, 0.25) is 0 Å². The summed E-state index contributed by atoms with van der Waals surface area (Å²) >= 11 is 0. The van der Waals surface area contributed by atoms with Gasteiger partial charge in [0.15, 0.2) is 11.5 Å². The number of carbonyl (C=O) groups is 4. The van der Waals surface area contributed by atoms with Crippen molar-refractivity contribution < 1.29 is 38.1 Å². The summed E-state index contributed by atoms with van der Waals surface area (Å²) in [5.74, 6) is -2.90. The fourth-order valence-electron chi connectivity index (χ4n) is 2.69. The molecular formula is C18H15NO8. The van der Waals surface area contributed by atoms with E-state index in [2.05, 4.69) is 4.74 Å². The second-order valence-electron chi connectivity index (χ2n) is 5.55. The van der Waals surface area contributed by atoms with Crippen LogP contribution in [0.25, 0.3) is 0 Å². The monoisotopic (exact) mass is 373 g/mol. The Bertz CT molecular complexity index is 879. The predicted octanol–water partition coefficient (Wildman–Crippen LogP) is 1.12. The molecule has 0 spiro atoms. The largest absolute Gasteiger partial charge is 0.493 e. The number of benzene rings is 1. The Labute approximate surface area is 153 Å². The van der Waals surface area contributed by atoms with Crippen LogP contribution in [0.5, 0.6) is 0 Å². The standard InChI is InChI=1S/C18H15NO8/c1-9-13(24-2)18(27-16(9)22)26-8-12(17(23)25-3)19-14(20)10-6-4-5-7-11(10)15(19)21/h4-8,18H,1-3H3/b12-8-. The number of esters is 2. The van der Waals surface area contributed by atoms with Crippen LogP contribution in [0.15, 0.2) is 47.6 Å². The molecule has 0 radical (unpaired) electrons. The molecule has 2 amide bonds. The highest BCUT2D eigenvalue weighted by Crippen LogP contribution is 2.28. The van der Waals surface area contributed by atoms with E-state index in [1.165, 1.54) is 26.2 Å². The van der Waals surface area contributed by atoms with Gasteiger partial charge in [-0.2, -0.15) is 0 Å². The van der Waals surface area contributed by atoms with E-state index in [1.54, 1.807) is 12.1 Å². The third-order valence-electron chi connectivity index (χ3n) is 4.06. The van der Waals surface area contributed by atoms with Gasteiger partial charge in [0.2, 0.25) is 0 Å². The summed E-state index contributed by atoms with van der Waals surface area (Å²) in [6.45, 7) is 1.49. The Morgan fingerprint density at radius 2 is 1.70 bits per heavy atom. The maximum Gasteiger partial charge on any atom is 0.358 e. The Hall–Kier alpha value is -3.62. The van der Waals surface area contributed by atoms with Gasteiger partial charge in [0, 0.05) is 0 Å². The first kappa shape index (κ1) is 18.2. The van der Waals surface area contributed by atoms with Crippen LogP contribution >= 0.6 is 0 Å². The minimum absolute atomic E-state index is 0.114. The van der Waals surface area contributed by atoms with Crippen molar-refractivity contribution in [3.05, 3.63) is 58.7 Å². The molecule has 0 fully saturated rings. The maximum atomic E-state index is 12.6.